The zero-order chi connectivity index (χ0) is 23.1. The highest BCUT2D eigenvalue weighted by Gasteiger charge is 2.55. The lowest BCUT2D eigenvalue weighted by Gasteiger charge is -2.27. The molecule has 0 amide bonds. The largest absolute Gasteiger partial charge is 0.490 e. The Morgan fingerprint density at radius 3 is 2.43 bits per heavy atom. The van der Waals surface area contributed by atoms with Crippen LogP contribution in [-0.2, 0) is 31.6 Å². The summed E-state index contributed by atoms with van der Waals surface area (Å²) in [6.07, 6.45) is -4.10. The molecule has 6 unspecified atom stereocenters. The Labute approximate surface area is 172 Å². The SMILES string of the molecule is CC1(O)C(F)C(COP(=O)(O)OP(=O)(O)OP(=O)(O)O)OC1n1ccc(N)nc1=S. The lowest BCUT2D eigenvalue weighted by Crippen LogP contribution is -2.42. The molecule has 1 aromatic heterocycles. The molecule has 1 aliphatic rings. The van der Waals surface area contributed by atoms with Crippen LogP contribution in [0.2, 0.25) is 0 Å². The number of hydrogen-bond acceptors (Lipinski definition) is 11. The highest BCUT2D eigenvalue weighted by Crippen LogP contribution is 2.66. The second kappa shape index (κ2) is 8.71. The number of hydrogen-bond donors (Lipinski definition) is 6. The van der Waals surface area contributed by atoms with Gasteiger partial charge in [-0.25, -0.2) is 23.1 Å². The zero-order valence-electron chi connectivity index (χ0n) is 14.8. The molecule has 0 spiro atoms. The quantitative estimate of drug-likeness (QED) is 0.205. The molecule has 0 radical (unpaired) electrons. The van der Waals surface area contributed by atoms with Crippen molar-refractivity contribution < 1.29 is 60.6 Å². The molecule has 7 N–H and O–H groups in total. The van der Waals surface area contributed by atoms with Gasteiger partial charge in [0.1, 0.15) is 17.5 Å². The minimum atomic E-state index is -5.73. The van der Waals surface area contributed by atoms with Gasteiger partial charge in [-0.05, 0) is 25.2 Å². The predicted octanol–water partition coefficient (Wildman–Crippen LogP) is 0.525. The Bertz CT molecular complexity index is 1000. The van der Waals surface area contributed by atoms with Crippen LogP contribution in [0.4, 0.5) is 10.2 Å². The molecule has 1 fully saturated rings. The van der Waals surface area contributed by atoms with E-state index in [9.17, 15) is 28.1 Å². The second-order valence-electron chi connectivity index (χ2n) is 6.08. The van der Waals surface area contributed by atoms with Gasteiger partial charge in [0.15, 0.2) is 12.4 Å². The number of alkyl halides is 1. The maximum Gasteiger partial charge on any atom is 0.490 e. The average molecular weight is 515 g/mol. The summed E-state index contributed by atoms with van der Waals surface area (Å²) >= 11 is 4.97. The van der Waals surface area contributed by atoms with Gasteiger partial charge < -0.3 is 35.2 Å². The van der Waals surface area contributed by atoms with Crippen LogP contribution in [0.25, 0.3) is 0 Å². The van der Waals surface area contributed by atoms with Gasteiger partial charge in [0.25, 0.3) is 0 Å². The average Bonchev–Trinajstić information content (AvgIpc) is 2.73. The topological polar surface area (TPSA) is 233 Å². The second-order valence-corrected chi connectivity index (χ2v) is 10.9. The third-order valence-electron chi connectivity index (χ3n) is 3.61. The van der Waals surface area contributed by atoms with Crippen molar-refractivity contribution in [1.82, 2.24) is 9.55 Å². The Balaban J connectivity index is 2.12. The smallest absolute Gasteiger partial charge is 0.384 e. The maximum absolute atomic E-state index is 14.7. The maximum atomic E-state index is 14.7. The van der Waals surface area contributed by atoms with Crippen LogP contribution in [0.5, 0.6) is 0 Å². The third kappa shape index (κ3) is 6.43. The normalized spacial score (nSPS) is 31.2. The van der Waals surface area contributed by atoms with E-state index in [4.69, 9.17) is 37.4 Å². The fraction of sp³-hybridized carbons (Fsp3) is 0.600. The number of anilines is 1. The van der Waals surface area contributed by atoms with E-state index in [1.807, 2.05) is 0 Å². The van der Waals surface area contributed by atoms with E-state index in [-0.39, 0.29) is 10.6 Å². The highest BCUT2D eigenvalue weighted by molar-refractivity contribution is 7.71. The Hall–Kier alpha value is -0.640. The first-order chi connectivity index (χ1) is 13.4. The van der Waals surface area contributed by atoms with Crippen molar-refractivity contribution in [2.24, 2.45) is 0 Å². The molecule has 172 valence electrons. The molecule has 6 atom stereocenters. The summed E-state index contributed by atoms with van der Waals surface area (Å²) in [4.78, 5) is 39.2. The summed E-state index contributed by atoms with van der Waals surface area (Å²) < 4.78 is 65.9. The number of phosphoric ester groups is 1. The molecule has 30 heavy (non-hydrogen) atoms. The lowest BCUT2D eigenvalue weighted by atomic mass is 9.98. The number of nitrogen functional groups attached to an aromatic ring is 1. The van der Waals surface area contributed by atoms with Crippen molar-refractivity contribution in [3.8, 4) is 0 Å². The summed E-state index contributed by atoms with van der Waals surface area (Å²) in [5.74, 6) is 0.0508. The first-order valence-electron chi connectivity index (χ1n) is 7.58. The molecule has 2 heterocycles. The number of nitrogens with two attached hydrogens (primary N) is 1. The molecular weight excluding hydrogens is 498 g/mol. The molecular formula is C10H17FN3O12P3S. The summed E-state index contributed by atoms with van der Waals surface area (Å²) in [6, 6.07) is 1.29. The predicted molar refractivity (Wildman–Crippen MR) is 96.7 cm³/mol. The third-order valence-corrected chi connectivity index (χ3v) is 7.72. The van der Waals surface area contributed by atoms with Crippen LogP contribution in [-0.4, -0.2) is 58.7 Å². The van der Waals surface area contributed by atoms with E-state index in [2.05, 4.69) is 18.1 Å². The number of aliphatic hydroxyl groups is 1. The fourth-order valence-electron chi connectivity index (χ4n) is 2.43. The summed E-state index contributed by atoms with van der Waals surface area (Å²) in [5, 5.41) is 10.4. The highest BCUT2D eigenvalue weighted by atomic mass is 32.1. The van der Waals surface area contributed by atoms with Gasteiger partial charge in [0.2, 0.25) is 4.77 Å². The van der Waals surface area contributed by atoms with E-state index in [1.54, 1.807) is 0 Å². The van der Waals surface area contributed by atoms with E-state index in [1.165, 1.54) is 12.3 Å². The van der Waals surface area contributed by atoms with Gasteiger partial charge in [0.05, 0.1) is 6.61 Å². The molecule has 15 nitrogen and oxygen atoms in total. The number of halogens is 1. The first kappa shape index (κ1) is 25.6. The van der Waals surface area contributed by atoms with Crippen molar-refractivity contribution in [2.45, 2.75) is 31.0 Å². The van der Waals surface area contributed by atoms with Crippen molar-refractivity contribution >= 4 is 41.5 Å². The molecule has 1 saturated heterocycles. The minimum absolute atomic E-state index is 0.0508. The van der Waals surface area contributed by atoms with Crippen LogP contribution >= 0.6 is 35.7 Å². The van der Waals surface area contributed by atoms with Gasteiger partial charge in [-0.15, -0.1) is 0 Å². The molecule has 2 rings (SSSR count). The summed E-state index contributed by atoms with van der Waals surface area (Å²) in [6.45, 7) is -0.0431. The van der Waals surface area contributed by atoms with E-state index >= 15 is 0 Å². The molecule has 0 aliphatic carbocycles. The number of phosphoric acid groups is 3. The number of aromatic nitrogens is 2. The fourth-order valence-corrected chi connectivity index (χ4v) is 5.72. The molecule has 0 aromatic carbocycles. The van der Waals surface area contributed by atoms with Crippen molar-refractivity contribution in [3.05, 3.63) is 17.0 Å². The Kier molecular flexibility index (Phi) is 7.44. The van der Waals surface area contributed by atoms with Gasteiger partial charge in [-0.2, -0.15) is 8.62 Å². The monoisotopic (exact) mass is 515 g/mol. The standard InChI is InChI=1S/C10H17FN3O12P3S/c1-10(15)7(11)5(24-8(10)14-3-2-6(12)13-9(14)30)4-23-28(19,20)26-29(21,22)25-27(16,17)18/h2-3,5,7-8,15H,4H2,1H3,(H,19,20)(H,21,22)(H2,12,13,30)(H2,16,17,18). The Morgan fingerprint density at radius 2 is 1.90 bits per heavy atom. The number of nitrogens with zero attached hydrogens (tertiary/aromatic N) is 2. The molecule has 0 bridgehead atoms. The first-order valence-corrected chi connectivity index (χ1v) is 12.5. The van der Waals surface area contributed by atoms with Gasteiger partial charge in [0, 0.05) is 6.20 Å². The Morgan fingerprint density at radius 1 is 1.30 bits per heavy atom. The summed E-state index contributed by atoms with van der Waals surface area (Å²) in [5.41, 5.74) is 3.25. The van der Waals surface area contributed by atoms with Gasteiger partial charge in [-0.3, -0.25) is 9.09 Å². The van der Waals surface area contributed by atoms with E-state index < -0.39 is 54.2 Å². The van der Waals surface area contributed by atoms with Crippen molar-refractivity contribution in [1.29, 1.82) is 0 Å². The van der Waals surface area contributed by atoms with Crippen LogP contribution in [0.15, 0.2) is 12.3 Å². The molecule has 1 aliphatic heterocycles. The minimum Gasteiger partial charge on any atom is -0.384 e. The van der Waals surface area contributed by atoms with E-state index in [0.29, 0.717) is 0 Å². The van der Waals surface area contributed by atoms with Crippen LogP contribution < -0.4 is 5.73 Å². The molecule has 20 heteroatoms. The van der Waals surface area contributed by atoms with Crippen LogP contribution in [0, 0.1) is 4.77 Å². The van der Waals surface area contributed by atoms with E-state index in [0.717, 1.165) is 11.5 Å². The zero-order valence-corrected chi connectivity index (χ0v) is 18.3. The number of ether oxygens (including phenoxy) is 1. The lowest BCUT2D eigenvalue weighted by molar-refractivity contribution is -0.0919. The number of rotatable bonds is 8. The van der Waals surface area contributed by atoms with Gasteiger partial charge >= 0.3 is 23.5 Å². The molecule has 1 aromatic rings. The van der Waals surface area contributed by atoms with Gasteiger partial charge in [-0.1, -0.05) is 0 Å². The van der Waals surface area contributed by atoms with Crippen molar-refractivity contribution in [3.63, 3.8) is 0 Å². The molecule has 0 saturated carbocycles. The van der Waals surface area contributed by atoms with Crippen LogP contribution in [0.1, 0.15) is 13.2 Å². The van der Waals surface area contributed by atoms with Crippen LogP contribution in [0.3, 0.4) is 0 Å². The van der Waals surface area contributed by atoms with Crippen molar-refractivity contribution in [2.75, 3.05) is 12.3 Å². The summed E-state index contributed by atoms with van der Waals surface area (Å²) in [7, 11) is -16.8.